The molecule has 7 nitrogen and oxygen atoms in total. The Morgan fingerprint density at radius 1 is 1.07 bits per heavy atom. The number of amides is 2. The molecule has 0 aliphatic heterocycles. The second-order valence-corrected chi connectivity index (χ2v) is 7.76. The van der Waals surface area contributed by atoms with Crippen LogP contribution in [0.25, 0.3) is 0 Å². The largest absolute Gasteiger partial charge is 0.390 e. The normalized spacial score (nSPS) is 10.6. The van der Waals surface area contributed by atoms with E-state index in [1.807, 2.05) is 30.3 Å². The predicted molar refractivity (Wildman–Crippen MR) is 117 cm³/mol. The summed E-state index contributed by atoms with van der Waals surface area (Å²) in [6.45, 7) is 0.162. The van der Waals surface area contributed by atoms with Crippen molar-refractivity contribution in [3.8, 4) is 0 Å². The van der Waals surface area contributed by atoms with Gasteiger partial charge in [-0.1, -0.05) is 53.7 Å². The third kappa shape index (κ3) is 6.35. The number of aliphatic hydroxyl groups is 1. The van der Waals surface area contributed by atoms with Crippen molar-refractivity contribution in [3.05, 3.63) is 77.1 Å². The zero-order valence-electron chi connectivity index (χ0n) is 16.0. The number of aromatic nitrogens is 2. The van der Waals surface area contributed by atoms with Crippen molar-refractivity contribution in [2.24, 2.45) is 0 Å². The molecule has 30 heavy (non-hydrogen) atoms. The Labute approximate surface area is 183 Å². The molecule has 2 aromatic carbocycles. The number of carbonyl (C=O) groups is 2. The number of thioether (sulfide) groups is 1. The average Bonchev–Trinajstić information content (AvgIpc) is 3.14. The van der Waals surface area contributed by atoms with Gasteiger partial charge in [0.15, 0.2) is 5.16 Å². The van der Waals surface area contributed by atoms with Gasteiger partial charge in [0.25, 0.3) is 0 Å². The van der Waals surface area contributed by atoms with Gasteiger partial charge in [-0.25, -0.2) is 4.98 Å². The number of hydrogen-bond donors (Lipinski definition) is 3. The van der Waals surface area contributed by atoms with Gasteiger partial charge in [0.05, 0.1) is 24.3 Å². The monoisotopic (exact) mass is 444 g/mol. The van der Waals surface area contributed by atoms with E-state index in [2.05, 4.69) is 15.6 Å². The van der Waals surface area contributed by atoms with E-state index in [0.717, 1.165) is 5.56 Å². The Hall–Kier alpha value is -2.81. The van der Waals surface area contributed by atoms with Crippen LogP contribution in [0.4, 0.5) is 5.69 Å². The number of carbonyl (C=O) groups excluding carboxylic acids is 2. The van der Waals surface area contributed by atoms with Crippen LogP contribution in [0.2, 0.25) is 5.02 Å². The van der Waals surface area contributed by atoms with Crippen LogP contribution in [-0.2, 0) is 29.3 Å². The van der Waals surface area contributed by atoms with Gasteiger partial charge in [0.1, 0.15) is 6.54 Å². The quantitative estimate of drug-likeness (QED) is 0.441. The summed E-state index contributed by atoms with van der Waals surface area (Å²) >= 11 is 7.03. The summed E-state index contributed by atoms with van der Waals surface area (Å²) in [5, 5.41) is 16.3. The fourth-order valence-electron chi connectivity index (χ4n) is 2.66. The number of nitrogens with one attached hydrogen (secondary N) is 2. The summed E-state index contributed by atoms with van der Waals surface area (Å²) < 4.78 is 1.61. The summed E-state index contributed by atoms with van der Waals surface area (Å²) in [6, 6.07) is 16.4. The van der Waals surface area contributed by atoms with Gasteiger partial charge in [-0.3, -0.25) is 9.59 Å². The first-order chi connectivity index (χ1) is 14.5. The summed E-state index contributed by atoms with van der Waals surface area (Å²) in [5.41, 5.74) is 2.14. The molecule has 3 N–H and O–H groups in total. The van der Waals surface area contributed by atoms with Gasteiger partial charge in [-0.15, -0.1) is 0 Å². The second-order valence-electron chi connectivity index (χ2n) is 6.38. The number of rotatable bonds is 9. The lowest BCUT2D eigenvalue weighted by molar-refractivity contribution is -0.122. The molecule has 1 heterocycles. The Kier molecular flexibility index (Phi) is 7.89. The lowest BCUT2D eigenvalue weighted by Gasteiger charge is -2.11. The molecular weight excluding hydrogens is 424 g/mol. The van der Waals surface area contributed by atoms with E-state index in [0.29, 0.717) is 28.1 Å². The molecule has 0 fully saturated rings. The van der Waals surface area contributed by atoms with Crippen LogP contribution in [0.1, 0.15) is 11.3 Å². The van der Waals surface area contributed by atoms with Crippen molar-refractivity contribution in [1.29, 1.82) is 0 Å². The molecular formula is C21H21ClN4O3S. The van der Waals surface area contributed by atoms with Gasteiger partial charge >= 0.3 is 0 Å². The number of halogens is 1. The molecule has 0 saturated heterocycles. The number of anilines is 1. The van der Waals surface area contributed by atoms with Gasteiger partial charge in [0, 0.05) is 17.3 Å². The number of benzene rings is 2. The smallest absolute Gasteiger partial charge is 0.240 e. The van der Waals surface area contributed by atoms with Crippen LogP contribution in [0, 0.1) is 0 Å². The first-order valence-electron chi connectivity index (χ1n) is 9.19. The minimum Gasteiger partial charge on any atom is -0.390 e. The Balaban J connectivity index is 1.56. The summed E-state index contributed by atoms with van der Waals surface area (Å²) in [6.07, 6.45) is 1.50. The van der Waals surface area contributed by atoms with Crippen molar-refractivity contribution in [3.63, 3.8) is 0 Å². The van der Waals surface area contributed by atoms with Crippen LogP contribution in [0.3, 0.4) is 0 Å². The van der Waals surface area contributed by atoms with Gasteiger partial charge in [-0.2, -0.15) is 0 Å². The SMILES string of the molecule is O=C(Cn1c(CO)cnc1SCC(=O)Nc1ccc(Cl)cc1)NCc1ccccc1. The van der Waals surface area contributed by atoms with Crippen LogP contribution >= 0.6 is 23.4 Å². The Bertz CT molecular complexity index is 993. The minimum atomic E-state index is -0.253. The maximum absolute atomic E-state index is 12.4. The topological polar surface area (TPSA) is 96.2 Å². The van der Waals surface area contributed by atoms with Gasteiger partial charge in [0.2, 0.25) is 11.8 Å². The molecule has 0 spiro atoms. The van der Waals surface area contributed by atoms with E-state index >= 15 is 0 Å². The highest BCUT2D eigenvalue weighted by molar-refractivity contribution is 7.99. The first kappa shape index (κ1) is 21.9. The van der Waals surface area contributed by atoms with Gasteiger partial charge in [-0.05, 0) is 29.8 Å². The molecule has 1 aromatic heterocycles. The number of nitrogens with zero attached hydrogens (tertiary/aromatic N) is 2. The van der Waals surface area contributed by atoms with Gasteiger partial charge < -0.3 is 20.3 Å². The highest BCUT2D eigenvalue weighted by Crippen LogP contribution is 2.20. The standard InChI is InChI=1S/C21H21ClN4O3S/c22-16-6-8-17(9-7-16)25-20(29)14-30-21-24-11-18(13-27)26(21)12-19(28)23-10-15-4-2-1-3-5-15/h1-9,11,27H,10,12-14H2,(H,23,28)(H,25,29). The van der Waals surface area contributed by atoms with Crippen LogP contribution in [0.15, 0.2) is 66.0 Å². The minimum absolute atomic E-state index is 0.00383. The van der Waals surface area contributed by atoms with Crippen LogP contribution in [-0.4, -0.2) is 32.2 Å². The van der Waals surface area contributed by atoms with Crippen molar-refractivity contribution in [1.82, 2.24) is 14.9 Å². The van der Waals surface area contributed by atoms with E-state index < -0.39 is 0 Å². The molecule has 0 aliphatic carbocycles. The van der Waals surface area contributed by atoms with E-state index in [9.17, 15) is 14.7 Å². The zero-order valence-corrected chi connectivity index (χ0v) is 17.6. The van der Waals surface area contributed by atoms with Crippen molar-refractivity contribution in [2.75, 3.05) is 11.1 Å². The van der Waals surface area contributed by atoms with Crippen LogP contribution in [0.5, 0.6) is 0 Å². The van der Waals surface area contributed by atoms with Crippen molar-refractivity contribution < 1.29 is 14.7 Å². The summed E-state index contributed by atoms with van der Waals surface area (Å²) in [4.78, 5) is 28.8. The fraction of sp³-hybridized carbons (Fsp3) is 0.190. The molecule has 0 radical (unpaired) electrons. The summed E-state index contributed by atoms with van der Waals surface area (Å²) in [5.74, 6) is -0.314. The molecule has 0 saturated carbocycles. The molecule has 3 rings (SSSR count). The average molecular weight is 445 g/mol. The zero-order chi connectivity index (χ0) is 21.3. The van der Waals surface area contributed by atoms with E-state index in [1.54, 1.807) is 28.8 Å². The maximum atomic E-state index is 12.4. The molecule has 0 unspecified atom stereocenters. The predicted octanol–water partition coefficient (Wildman–Crippen LogP) is 3.08. The lowest BCUT2D eigenvalue weighted by Crippen LogP contribution is -2.28. The van der Waals surface area contributed by atoms with E-state index in [-0.39, 0.29) is 30.7 Å². The highest BCUT2D eigenvalue weighted by atomic mass is 35.5. The number of imidazole rings is 1. The van der Waals surface area contributed by atoms with E-state index in [1.165, 1.54) is 18.0 Å². The maximum Gasteiger partial charge on any atom is 0.240 e. The fourth-order valence-corrected chi connectivity index (χ4v) is 3.58. The molecule has 0 bridgehead atoms. The summed E-state index contributed by atoms with van der Waals surface area (Å²) in [7, 11) is 0. The highest BCUT2D eigenvalue weighted by Gasteiger charge is 2.15. The molecule has 156 valence electrons. The third-order valence-corrected chi connectivity index (χ3v) is 5.40. The number of hydrogen-bond acceptors (Lipinski definition) is 5. The Morgan fingerprint density at radius 2 is 1.80 bits per heavy atom. The lowest BCUT2D eigenvalue weighted by atomic mass is 10.2. The number of aliphatic hydroxyl groups excluding tert-OH is 1. The van der Waals surface area contributed by atoms with Crippen molar-refractivity contribution in [2.45, 2.75) is 24.9 Å². The van der Waals surface area contributed by atoms with E-state index in [4.69, 9.17) is 11.6 Å². The first-order valence-corrected chi connectivity index (χ1v) is 10.6. The molecule has 2 amide bonds. The third-order valence-electron chi connectivity index (χ3n) is 4.16. The molecule has 3 aromatic rings. The molecule has 0 aliphatic rings. The molecule has 0 atom stereocenters. The van der Waals surface area contributed by atoms with Crippen molar-refractivity contribution >= 4 is 40.9 Å². The second kappa shape index (κ2) is 10.8. The molecule has 9 heteroatoms. The Morgan fingerprint density at radius 3 is 2.50 bits per heavy atom. The van der Waals surface area contributed by atoms with Crippen LogP contribution < -0.4 is 10.6 Å².